The van der Waals surface area contributed by atoms with Gasteiger partial charge in [-0.1, -0.05) is 0 Å². The lowest BCUT2D eigenvalue weighted by atomic mass is 10.1. The Balaban J connectivity index is 1.74. The number of carbonyl (C=O) groups excluding carboxylic acids is 1. The summed E-state index contributed by atoms with van der Waals surface area (Å²) < 4.78 is 50.3. The fourth-order valence-electron chi connectivity index (χ4n) is 3.73. The highest BCUT2D eigenvalue weighted by atomic mass is 32.1. The Bertz CT molecular complexity index is 1420. The van der Waals surface area contributed by atoms with Crippen molar-refractivity contribution in [2.45, 2.75) is 46.8 Å². The maximum atomic E-state index is 14.9. The molecule has 11 heteroatoms. The summed E-state index contributed by atoms with van der Waals surface area (Å²) in [6.07, 6.45) is 0.526. The zero-order valence-corrected chi connectivity index (χ0v) is 20.5. The number of carbonyl (C=O) groups is 1. The van der Waals surface area contributed by atoms with E-state index in [4.69, 9.17) is 4.74 Å². The molecule has 0 fully saturated rings. The van der Waals surface area contributed by atoms with E-state index >= 15 is 0 Å². The number of alkyl halides is 2. The van der Waals surface area contributed by atoms with Gasteiger partial charge >= 0.3 is 12.7 Å². The van der Waals surface area contributed by atoms with Gasteiger partial charge in [-0.05, 0) is 52.3 Å². The van der Waals surface area contributed by atoms with Gasteiger partial charge < -0.3 is 14.4 Å². The van der Waals surface area contributed by atoms with Gasteiger partial charge in [0.2, 0.25) is 5.88 Å². The SMILES string of the molecule is CCN(C(=O)Oc1cc(F)c2nc(-c3cc(C)cc4nc(OC(F)F)cnc34)sc2c1)C(C)(C)C. The number of benzene rings is 2. The Hall–Kier alpha value is -3.47. The summed E-state index contributed by atoms with van der Waals surface area (Å²) in [5.74, 6) is -0.870. The number of nitrogens with zero attached hydrogens (tertiary/aromatic N) is 4. The molecule has 0 aliphatic heterocycles. The van der Waals surface area contributed by atoms with Crippen LogP contribution in [0.2, 0.25) is 0 Å². The predicted molar refractivity (Wildman–Crippen MR) is 128 cm³/mol. The number of hydrogen-bond acceptors (Lipinski definition) is 7. The Labute approximate surface area is 203 Å². The molecular weight excluding hydrogens is 481 g/mol. The number of aromatic nitrogens is 3. The van der Waals surface area contributed by atoms with Crippen LogP contribution in [-0.4, -0.2) is 44.6 Å². The first kappa shape index (κ1) is 24.6. The van der Waals surface area contributed by atoms with Crippen molar-refractivity contribution in [2.24, 2.45) is 0 Å². The second kappa shape index (κ2) is 9.29. The molecule has 0 aliphatic rings. The van der Waals surface area contributed by atoms with Crippen LogP contribution in [-0.2, 0) is 0 Å². The monoisotopic (exact) mass is 504 g/mol. The molecule has 2 aromatic carbocycles. The molecule has 7 nitrogen and oxygen atoms in total. The Morgan fingerprint density at radius 1 is 1.14 bits per heavy atom. The number of halogens is 3. The van der Waals surface area contributed by atoms with Crippen LogP contribution >= 0.6 is 11.3 Å². The number of amides is 1. The third kappa shape index (κ3) is 5.14. The number of ether oxygens (including phenoxy) is 2. The smallest absolute Gasteiger partial charge is 0.415 e. The van der Waals surface area contributed by atoms with Gasteiger partial charge in [0.25, 0.3) is 0 Å². The number of rotatable bonds is 5. The van der Waals surface area contributed by atoms with Gasteiger partial charge in [-0.2, -0.15) is 8.78 Å². The van der Waals surface area contributed by atoms with Crippen molar-refractivity contribution in [1.29, 1.82) is 0 Å². The first-order valence-electron chi connectivity index (χ1n) is 10.8. The van der Waals surface area contributed by atoms with Crippen molar-refractivity contribution < 1.29 is 27.4 Å². The molecule has 2 heterocycles. The third-order valence-electron chi connectivity index (χ3n) is 5.18. The molecule has 0 unspecified atom stereocenters. The molecular formula is C24H23F3N4O3S. The van der Waals surface area contributed by atoms with Gasteiger partial charge in [-0.3, -0.25) is 0 Å². The third-order valence-corrected chi connectivity index (χ3v) is 6.22. The summed E-state index contributed by atoms with van der Waals surface area (Å²) in [4.78, 5) is 26.9. The van der Waals surface area contributed by atoms with Gasteiger partial charge in [0, 0.05) is 29.8 Å². The van der Waals surface area contributed by atoms with E-state index in [2.05, 4.69) is 19.7 Å². The maximum absolute atomic E-state index is 14.9. The summed E-state index contributed by atoms with van der Waals surface area (Å²) in [5.41, 5.74) is 1.77. The zero-order chi connectivity index (χ0) is 25.5. The Morgan fingerprint density at radius 2 is 1.89 bits per heavy atom. The standard InChI is InChI=1S/C24H23F3N4O3S/c1-6-31(24(3,4)5)23(32)33-13-9-15(25)20-17(10-13)35-21(30-20)14-7-12(2)8-16-19(14)28-11-18(29-16)34-22(26)27/h7-11,22H,6H2,1-5H3. The van der Waals surface area contributed by atoms with Gasteiger partial charge in [-0.15, -0.1) is 11.3 Å². The molecule has 0 saturated carbocycles. The fraction of sp³-hybridized carbons (Fsp3) is 0.333. The molecule has 2 aromatic heterocycles. The molecule has 0 bridgehead atoms. The lowest BCUT2D eigenvalue weighted by molar-refractivity contribution is -0.0528. The van der Waals surface area contributed by atoms with Gasteiger partial charge in [0.1, 0.15) is 16.3 Å². The number of aryl methyl sites for hydroxylation is 1. The summed E-state index contributed by atoms with van der Waals surface area (Å²) in [5, 5.41) is 0.456. The van der Waals surface area contributed by atoms with Crippen LogP contribution in [0.15, 0.2) is 30.5 Å². The van der Waals surface area contributed by atoms with Gasteiger partial charge in [-0.25, -0.2) is 24.1 Å². The van der Waals surface area contributed by atoms with E-state index in [1.165, 1.54) is 16.2 Å². The Morgan fingerprint density at radius 3 is 2.54 bits per heavy atom. The minimum Gasteiger partial charge on any atom is -0.415 e. The second-order valence-electron chi connectivity index (χ2n) is 8.82. The number of fused-ring (bicyclic) bond motifs is 2. The van der Waals surface area contributed by atoms with Crippen LogP contribution in [0.25, 0.3) is 31.8 Å². The van der Waals surface area contributed by atoms with Crippen LogP contribution in [0.1, 0.15) is 33.3 Å². The highest BCUT2D eigenvalue weighted by molar-refractivity contribution is 7.21. The highest BCUT2D eigenvalue weighted by Gasteiger charge is 2.27. The zero-order valence-electron chi connectivity index (χ0n) is 19.7. The van der Waals surface area contributed by atoms with Crippen LogP contribution < -0.4 is 9.47 Å². The average Bonchev–Trinajstić information content (AvgIpc) is 3.16. The molecule has 4 aromatic rings. The second-order valence-corrected chi connectivity index (χ2v) is 9.85. The van der Waals surface area contributed by atoms with Crippen molar-refractivity contribution in [1.82, 2.24) is 19.9 Å². The molecule has 184 valence electrons. The van der Waals surface area contributed by atoms with Crippen molar-refractivity contribution in [3.63, 3.8) is 0 Å². The van der Waals surface area contributed by atoms with Crippen molar-refractivity contribution in [3.05, 3.63) is 41.8 Å². The van der Waals surface area contributed by atoms with Gasteiger partial charge in [0.05, 0.1) is 21.9 Å². The summed E-state index contributed by atoms with van der Waals surface area (Å²) in [6, 6.07) is 6.18. The number of thiazole rings is 1. The van der Waals surface area contributed by atoms with E-state index in [-0.39, 0.29) is 17.1 Å². The van der Waals surface area contributed by atoms with Crippen molar-refractivity contribution in [3.8, 4) is 22.2 Å². The van der Waals surface area contributed by atoms with E-state index in [0.717, 1.165) is 17.8 Å². The molecule has 4 rings (SSSR count). The first-order chi connectivity index (χ1) is 16.5. The molecule has 0 aliphatic carbocycles. The molecule has 0 atom stereocenters. The maximum Gasteiger partial charge on any atom is 0.415 e. The molecule has 0 radical (unpaired) electrons. The molecule has 0 saturated heterocycles. The van der Waals surface area contributed by atoms with Gasteiger partial charge in [0.15, 0.2) is 5.82 Å². The van der Waals surface area contributed by atoms with Crippen LogP contribution in [0.4, 0.5) is 18.0 Å². The van der Waals surface area contributed by atoms with Crippen molar-refractivity contribution >= 4 is 38.7 Å². The van der Waals surface area contributed by atoms with Crippen LogP contribution in [0, 0.1) is 12.7 Å². The number of hydrogen-bond donors (Lipinski definition) is 0. The van der Waals surface area contributed by atoms with Crippen LogP contribution in [0.3, 0.4) is 0 Å². The van der Waals surface area contributed by atoms with E-state index in [9.17, 15) is 18.0 Å². The molecule has 0 N–H and O–H groups in total. The minimum atomic E-state index is -3.02. The topological polar surface area (TPSA) is 77.4 Å². The predicted octanol–water partition coefficient (Wildman–Crippen LogP) is 6.57. The lowest BCUT2D eigenvalue weighted by Gasteiger charge is -2.33. The van der Waals surface area contributed by atoms with E-state index in [1.54, 1.807) is 12.1 Å². The minimum absolute atomic E-state index is 0.0700. The Kier molecular flexibility index (Phi) is 6.54. The van der Waals surface area contributed by atoms with E-state index < -0.39 is 24.1 Å². The summed E-state index contributed by atoms with van der Waals surface area (Å²) in [6.45, 7) is 6.71. The highest BCUT2D eigenvalue weighted by Crippen LogP contribution is 2.37. The molecule has 35 heavy (non-hydrogen) atoms. The lowest BCUT2D eigenvalue weighted by Crippen LogP contribution is -2.46. The quantitative estimate of drug-likeness (QED) is 0.306. The summed E-state index contributed by atoms with van der Waals surface area (Å²) in [7, 11) is 0. The fourth-order valence-corrected chi connectivity index (χ4v) is 4.76. The summed E-state index contributed by atoms with van der Waals surface area (Å²) >= 11 is 1.19. The molecule has 1 amide bonds. The van der Waals surface area contributed by atoms with E-state index in [1.807, 2.05) is 40.7 Å². The van der Waals surface area contributed by atoms with E-state index in [0.29, 0.717) is 32.8 Å². The molecule has 0 spiro atoms. The largest absolute Gasteiger partial charge is 0.415 e. The normalized spacial score (nSPS) is 11.9. The van der Waals surface area contributed by atoms with Crippen molar-refractivity contribution in [2.75, 3.05) is 6.54 Å². The van der Waals surface area contributed by atoms with Crippen LogP contribution in [0.5, 0.6) is 11.6 Å². The average molecular weight is 505 g/mol. The first-order valence-corrected chi connectivity index (χ1v) is 11.6.